The number of fused-ring (bicyclic) bond motifs is 1. The van der Waals surface area contributed by atoms with Crippen molar-refractivity contribution in [1.82, 2.24) is 4.90 Å². The number of amides is 1. The van der Waals surface area contributed by atoms with E-state index in [0.29, 0.717) is 18.2 Å². The zero-order valence-corrected chi connectivity index (χ0v) is 18.0. The number of benzene rings is 2. The molecule has 31 heavy (non-hydrogen) atoms. The van der Waals surface area contributed by atoms with E-state index in [2.05, 4.69) is 63.2 Å². The quantitative estimate of drug-likeness (QED) is 0.768. The summed E-state index contributed by atoms with van der Waals surface area (Å²) >= 11 is 0. The number of piperidine rings is 1. The number of rotatable bonds is 4. The molecule has 162 valence electrons. The third-order valence-corrected chi connectivity index (χ3v) is 6.17. The fourth-order valence-corrected chi connectivity index (χ4v) is 4.37. The molecule has 1 unspecified atom stereocenters. The molecule has 1 amide bonds. The molecule has 0 aliphatic carbocycles. The molecule has 0 saturated carbocycles. The third kappa shape index (κ3) is 6.03. The van der Waals surface area contributed by atoms with Crippen molar-refractivity contribution in [2.75, 3.05) is 26.2 Å². The number of hydrogen-bond donors (Lipinski definition) is 0. The molecular weight excluding hydrogens is 386 g/mol. The van der Waals surface area contributed by atoms with Gasteiger partial charge >= 0.3 is 0 Å². The van der Waals surface area contributed by atoms with E-state index >= 15 is 0 Å². The van der Waals surface area contributed by atoms with Gasteiger partial charge in [-0.1, -0.05) is 54.6 Å². The van der Waals surface area contributed by atoms with Crippen LogP contribution in [-0.2, 0) is 9.53 Å². The van der Waals surface area contributed by atoms with Gasteiger partial charge in [-0.05, 0) is 48.4 Å². The summed E-state index contributed by atoms with van der Waals surface area (Å²) in [6.45, 7) is 3.39. The number of aliphatic imine (C=N–C) groups is 1. The van der Waals surface area contributed by atoms with Crippen LogP contribution in [0.4, 0.5) is 0 Å². The van der Waals surface area contributed by atoms with Crippen molar-refractivity contribution < 1.29 is 9.53 Å². The first kappa shape index (κ1) is 21.3. The fourth-order valence-electron chi connectivity index (χ4n) is 4.37. The molecule has 3 aliphatic rings. The zero-order chi connectivity index (χ0) is 21.3. The highest BCUT2D eigenvalue weighted by Crippen LogP contribution is 2.28. The Kier molecular flexibility index (Phi) is 7.48. The van der Waals surface area contributed by atoms with Crippen LogP contribution in [-0.4, -0.2) is 49.5 Å². The number of carbonyl (C=O) groups excluding carboxylic acids is 1. The topological polar surface area (TPSA) is 54.3 Å². The van der Waals surface area contributed by atoms with Gasteiger partial charge in [-0.3, -0.25) is 14.8 Å². The fraction of sp³-hybridized carbons (Fsp3) is 0.423. The Morgan fingerprint density at radius 1 is 1.03 bits per heavy atom. The van der Waals surface area contributed by atoms with Crippen LogP contribution in [0.3, 0.4) is 0 Å². The van der Waals surface area contributed by atoms with Crippen molar-refractivity contribution in [3.8, 4) is 0 Å². The molecule has 0 N–H and O–H groups in total. The van der Waals surface area contributed by atoms with E-state index in [1.165, 1.54) is 17.2 Å². The first-order chi connectivity index (χ1) is 15.3. The molecule has 1 saturated heterocycles. The van der Waals surface area contributed by atoms with Crippen LogP contribution >= 0.6 is 0 Å². The van der Waals surface area contributed by atoms with Crippen molar-refractivity contribution in [2.24, 2.45) is 9.98 Å². The largest absolute Gasteiger partial charge is 0.482 e. The minimum atomic E-state index is 0.246. The maximum absolute atomic E-state index is 12.6. The molecule has 2 aromatic rings. The molecule has 5 heteroatoms. The monoisotopic (exact) mass is 417 g/mol. The highest BCUT2D eigenvalue weighted by Gasteiger charge is 2.24. The van der Waals surface area contributed by atoms with Crippen LogP contribution < -0.4 is 10.6 Å². The lowest BCUT2D eigenvalue weighted by atomic mass is 9.89. The molecule has 1 atom stereocenters. The summed E-state index contributed by atoms with van der Waals surface area (Å²) < 4.78 is 4.65. The lowest BCUT2D eigenvalue weighted by molar-refractivity contribution is -0.132. The number of likely N-dealkylation sites (tertiary alicyclic amines) is 1. The number of carbonyl (C=O) groups is 1. The average Bonchev–Trinajstić information content (AvgIpc) is 3.43. The molecule has 0 aromatic heterocycles. The Morgan fingerprint density at radius 2 is 1.81 bits per heavy atom. The Balaban J connectivity index is 0.000000407. The number of hydrogen-bond acceptors (Lipinski definition) is 4. The highest BCUT2D eigenvalue weighted by atomic mass is 16.5. The van der Waals surface area contributed by atoms with Crippen molar-refractivity contribution in [1.29, 1.82) is 0 Å². The molecule has 2 aromatic carbocycles. The third-order valence-electron chi connectivity index (χ3n) is 6.17. The van der Waals surface area contributed by atoms with E-state index in [0.717, 1.165) is 57.3 Å². The van der Waals surface area contributed by atoms with Crippen LogP contribution in [0.2, 0.25) is 0 Å². The Morgan fingerprint density at radius 3 is 2.52 bits per heavy atom. The molecule has 3 aliphatic heterocycles. The SMILES string of the molecule is C1=NCCO1.O=C(CCC1CC=c2ccccc2=N1)N1CCC(c2ccccc2)CC1. The number of ether oxygens (including phenoxy) is 1. The van der Waals surface area contributed by atoms with Crippen molar-refractivity contribution in [3.05, 3.63) is 70.7 Å². The average molecular weight is 418 g/mol. The van der Waals surface area contributed by atoms with Crippen LogP contribution in [0, 0.1) is 0 Å². The lowest BCUT2D eigenvalue weighted by Crippen LogP contribution is -2.38. The standard InChI is InChI=1S/C23H26N2O.C3H5NO/c26-23(13-12-21-11-10-20-8-4-5-9-22(20)24-21)25-16-14-19(15-17-25)18-6-2-1-3-7-18;1-2-5-3-4-1/h1-10,19,21H,11-17H2;3H,1-2H2. The number of nitrogens with zero attached hydrogens (tertiary/aromatic N) is 3. The molecule has 3 heterocycles. The molecule has 0 bridgehead atoms. The Hall–Kier alpha value is -2.95. The summed E-state index contributed by atoms with van der Waals surface area (Å²) in [5.74, 6) is 0.894. The maximum Gasteiger partial charge on any atom is 0.222 e. The summed E-state index contributed by atoms with van der Waals surface area (Å²) in [5.41, 5.74) is 1.41. The molecule has 0 spiro atoms. The van der Waals surface area contributed by atoms with Crippen molar-refractivity contribution in [3.63, 3.8) is 0 Å². The van der Waals surface area contributed by atoms with Crippen molar-refractivity contribution in [2.45, 2.75) is 44.1 Å². The Bertz CT molecular complexity index is 989. The summed E-state index contributed by atoms with van der Waals surface area (Å²) in [6.07, 6.45) is 8.29. The van der Waals surface area contributed by atoms with E-state index < -0.39 is 0 Å². The van der Waals surface area contributed by atoms with Gasteiger partial charge in [0.15, 0.2) is 6.40 Å². The first-order valence-electron chi connectivity index (χ1n) is 11.4. The van der Waals surface area contributed by atoms with E-state index in [4.69, 9.17) is 4.99 Å². The van der Waals surface area contributed by atoms with E-state index in [9.17, 15) is 4.79 Å². The second-order valence-electron chi connectivity index (χ2n) is 8.27. The second-order valence-corrected chi connectivity index (χ2v) is 8.27. The summed E-state index contributed by atoms with van der Waals surface area (Å²) in [6, 6.07) is 19.2. The summed E-state index contributed by atoms with van der Waals surface area (Å²) in [7, 11) is 0. The summed E-state index contributed by atoms with van der Waals surface area (Å²) in [4.78, 5) is 23.2. The van der Waals surface area contributed by atoms with E-state index in [-0.39, 0.29) is 6.04 Å². The van der Waals surface area contributed by atoms with Gasteiger partial charge in [0.25, 0.3) is 0 Å². The van der Waals surface area contributed by atoms with Gasteiger partial charge in [-0.2, -0.15) is 0 Å². The predicted octanol–water partition coefficient (Wildman–Crippen LogP) is 3.09. The second kappa shape index (κ2) is 10.9. The van der Waals surface area contributed by atoms with Crippen LogP contribution in [0.25, 0.3) is 6.08 Å². The van der Waals surface area contributed by atoms with E-state index in [1.54, 1.807) is 0 Å². The first-order valence-corrected chi connectivity index (χ1v) is 11.4. The Labute approximate surface area is 184 Å². The molecule has 0 radical (unpaired) electrons. The minimum Gasteiger partial charge on any atom is -0.482 e. The van der Waals surface area contributed by atoms with E-state index in [1.807, 2.05) is 12.1 Å². The van der Waals surface area contributed by atoms with Gasteiger partial charge in [0.1, 0.15) is 6.61 Å². The van der Waals surface area contributed by atoms with Gasteiger partial charge in [0.2, 0.25) is 5.91 Å². The molecule has 1 fully saturated rings. The summed E-state index contributed by atoms with van der Waals surface area (Å²) in [5, 5.41) is 2.29. The normalized spacial score (nSPS) is 19.9. The zero-order valence-electron chi connectivity index (χ0n) is 18.0. The lowest BCUT2D eigenvalue weighted by Gasteiger charge is -2.32. The van der Waals surface area contributed by atoms with Gasteiger partial charge in [-0.25, -0.2) is 0 Å². The van der Waals surface area contributed by atoms with Crippen LogP contribution in [0.1, 0.15) is 43.6 Å². The molecular formula is C26H31N3O2. The minimum absolute atomic E-state index is 0.246. The highest BCUT2D eigenvalue weighted by molar-refractivity contribution is 5.76. The molecule has 5 rings (SSSR count). The predicted molar refractivity (Wildman–Crippen MR) is 124 cm³/mol. The van der Waals surface area contributed by atoms with Gasteiger partial charge < -0.3 is 9.64 Å². The van der Waals surface area contributed by atoms with Gasteiger partial charge in [0.05, 0.1) is 17.9 Å². The number of para-hydroxylation sites is 1. The molecule has 5 nitrogen and oxygen atoms in total. The van der Waals surface area contributed by atoms with Gasteiger partial charge in [-0.15, -0.1) is 0 Å². The van der Waals surface area contributed by atoms with Gasteiger partial charge in [0, 0.05) is 19.5 Å². The maximum atomic E-state index is 12.6. The van der Waals surface area contributed by atoms with Crippen molar-refractivity contribution >= 4 is 18.4 Å². The van der Waals surface area contributed by atoms with Crippen LogP contribution in [0.15, 0.2) is 64.6 Å². The smallest absolute Gasteiger partial charge is 0.222 e. The van der Waals surface area contributed by atoms with Crippen LogP contribution in [0.5, 0.6) is 0 Å².